The van der Waals surface area contributed by atoms with Crippen LogP contribution in [0.3, 0.4) is 0 Å². The number of hydrogen-bond acceptors (Lipinski definition) is 3. The van der Waals surface area contributed by atoms with Gasteiger partial charge in [0.2, 0.25) is 0 Å². The summed E-state index contributed by atoms with van der Waals surface area (Å²) in [5.41, 5.74) is 0.670. The summed E-state index contributed by atoms with van der Waals surface area (Å²) in [6, 6.07) is 5.71. The fourth-order valence-electron chi connectivity index (χ4n) is 1.45. The minimum Gasteiger partial charge on any atom is -0.406 e. The molecule has 0 radical (unpaired) electrons. The zero-order valence-electron chi connectivity index (χ0n) is 10.00. The van der Waals surface area contributed by atoms with Gasteiger partial charge in [0, 0.05) is 12.6 Å². The first-order valence-electron chi connectivity index (χ1n) is 5.63. The molecule has 0 fully saturated rings. The second-order valence-corrected chi connectivity index (χ2v) is 3.86. The Kier molecular flexibility index (Phi) is 5.43. The molecule has 1 aromatic rings. The lowest BCUT2D eigenvalue weighted by atomic mass is 10.2. The van der Waals surface area contributed by atoms with Crippen LogP contribution >= 0.6 is 0 Å². The summed E-state index contributed by atoms with van der Waals surface area (Å²) in [4.78, 5) is 0. The molecule has 1 atom stereocenters. The highest BCUT2D eigenvalue weighted by Crippen LogP contribution is 2.23. The van der Waals surface area contributed by atoms with Crippen LogP contribution in [0.25, 0.3) is 0 Å². The molecule has 3 nitrogen and oxygen atoms in total. The fourth-order valence-corrected chi connectivity index (χ4v) is 1.45. The predicted octanol–water partition coefficient (Wildman–Crippen LogP) is 2.45. The maximum absolute atomic E-state index is 12.0. The maximum atomic E-state index is 12.0. The van der Waals surface area contributed by atoms with E-state index in [1.165, 1.54) is 18.2 Å². The van der Waals surface area contributed by atoms with Crippen molar-refractivity contribution in [3.63, 3.8) is 0 Å². The number of hydrogen-bond donors (Lipinski definition) is 2. The second-order valence-electron chi connectivity index (χ2n) is 3.86. The molecule has 0 unspecified atom stereocenters. The SMILES string of the molecule is CC[C@@H](CO)NCc1cccc(OC(F)(F)F)c1. The van der Waals surface area contributed by atoms with Crippen LogP contribution in [0, 0.1) is 0 Å². The van der Waals surface area contributed by atoms with Crippen LogP contribution in [0.2, 0.25) is 0 Å². The van der Waals surface area contributed by atoms with Crippen LogP contribution in [-0.4, -0.2) is 24.1 Å². The summed E-state index contributed by atoms with van der Waals surface area (Å²) < 4.78 is 39.9. The van der Waals surface area contributed by atoms with Gasteiger partial charge in [0.25, 0.3) is 0 Å². The van der Waals surface area contributed by atoms with Crippen LogP contribution in [-0.2, 0) is 6.54 Å². The molecule has 1 aromatic carbocycles. The maximum Gasteiger partial charge on any atom is 0.573 e. The number of halogens is 3. The number of ether oxygens (including phenoxy) is 1. The van der Waals surface area contributed by atoms with Gasteiger partial charge in [0.15, 0.2) is 0 Å². The highest BCUT2D eigenvalue weighted by Gasteiger charge is 2.31. The Morgan fingerprint density at radius 3 is 2.67 bits per heavy atom. The first-order valence-corrected chi connectivity index (χ1v) is 5.63. The van der Waals surface area contributed by atoms with Crippen molar-refractivity contribution in [1.82, 2.24) is 5.32 Å². The Hall–Kier alpha value is -1.27. The minimum atomic E-state index is -4.68. The molecule has 0 bridgehead atoms. The summed E-state index contributed by atoms with van der Waals surface area (Å²) in [7, 11) is 0. The molecule has 0 heterocycles. The van der Waals surface area contributed by atoms with E-state index >= 15 is 0 Å². The summed E-state index contributed by atoms with van der Waals surface area (Å²) in [5.74, 6) is -0.237. The first kappa shape index (κ1) is 14.8. The van der Waals surface area contributed by atoms with E-state index in [9.17, 15) is 13.2 Å². The largest absolute Gasteiger partial charge is 0.573 e. The predicted molar refractivity (Wildman–Crippen MR) is 61.1 cm³/mol. The molecule has 0 spiro atoms. The average Bonchev–Trinajstić information content (AvgIpc) is 2.28. The van der Waals surface area contributed by atoms with Gasteiger partial charge in [0.1, 0.15) is 5.75 Å². The van der Waals surface area contributed by atoms with Crippen LogP contribution < -0.4 is 10.1 Å². The topological polar surface area (TPSA) is 41.5 Å². The van der Waals surface area contributed by atoms with E-state index in [1.807, 2.05) is 6.92 Å². The third-order valence-corrected chi connectivity index (χ3v) is 2.44. The Labute approximate surface area is 104 Å². The standard InChI is InChI=1S/C12H16F3NO2/c1-2-10(8-17)16-7-9-4-3-5-11(6-9)18-12(13,14)15/h3-6,10,16-17H,2,7-8H2,1H3/t10-/m0/s1. The number of benzene rings is 1. The van der Waals surface area contributed by atoms with Gasteiger partial charge in [-0.25, -0.2) is 0 Å². The number of aliphatic hydroxyl groups excluding tert-OH is 1. The van der Waals surface area contributed by atoms with Crippen LogP contribution in [0.5, 0.6) is 5.75 Å². The van der Waals surface area contributed by atoms with E-state index in [-0.39, 0.29) is 18.4 Å². The van der Waals surface area contributed by atoms with Gasteiger partial charge in [-0.1, -0.05) is 19.1 Å². The van der Waals surface area contributed by atoms with Crippen molar-refractivity contribution in [3.05, 3.63) is 29.8 Å². The number of aliphatic hydroxyl groups is 1. The molecule has 0 aliphatic heterocycles. The lowest BCUT2D eigenvalue weighted by Gasteiger charge is -2.14. The van der Waals surface area contributed by atoms with E-state index in [0.717, 1.165) is 6.42 Å². The molecule has 102 valence electrons. The highest BCUT2D eigenvalue weighted by molar-refractivity contribution is 5.28. The van der Waals surface area contributed by atoms with E-state index in [2.05, 4.69) is 10.1 Å². The molecular formula is C12H16F3NO2. The van der Waals surface area contributed by atoms with Gasteiger partial charge < -0.3 is 15.2 Å². The van der Waals surface area contributed by atoms with Crippen molar-refractivity contribution in [1.29, 1.82) is 0 Å². The van der Waals surface area contributed by atoms with Gasteiger partial charge >= 0.3 is 6.36 Å². The third kappa shape index (κ3) is 5.37. The van der Waals surface area contributed by atoms with Crippen molar-refractivity contribution >= 4 is 0 Å². The van der Waals surface area contributed by atoms with Crippen molar-refractivity contribution in [3.8, 4) is 5.75 Å². The molecule has 0 aliphatic rings. The van der Waals surface area contributed by atoms with Crippen LogP contribution in [0.15, 0.2) is 24.3 Å². The summed E-state index contributed by atoms with van der Waals surface area (Å²) in [6.07, 6.45) is -3.93. The summed E-state index contributed by atoms with van der Waals surface area (Å²) >= 11 is 0. The third-order valence-electron chi connectivity index (χ3n) is 2.44. The molecule has 0 saturated heterocycles. The normalized spacial score (nSPS) is 13.4. The first-order chi connectivity index (χ1) is 8.44. The molecule has 0 aliphatic carbocycles. The fraction of sp³-hybridized carbons (Fsp3) is 0.500. The van der Waals surface area contributed by atoms with Crippen LogP contribution in [0.1, 0.15) is 18.9 Å². The van der Waals surface area contributed by atoms with Gasteiger partial charge in [-0.2, -0.15) is 0 Å². The van der Waals surface area contributed by atoms with Gasteiger partial charge in [0.05, 0.1) is 6.61 Å². The van der Waals surface area contributed by atoms with Gasteiger partial charge in [-0.15, -0.1) is 13.2 Å². The Morgan fingerprint density at radius 2 is 2.11 bits per heavy atom. The molecular weight excluding hydrogens is 247 g/mol. The van der Waals surface area contributed by atoms with Crippen LogP contribution in [0.4, 0.5) is 13.2 Å². The Bertz CT molecular complexity index is 365. The lowest BCUT2D eigenvalue weighted by Crippen LogP contribution is -2.31. The molecule has 0 saturated carbocycles. The lowest BCUT2D eigenvalue weighted by molar-refractivity contribution is -0.274. The molecule has 6 heteroatoms. The van der Waals surface area contributed by atoms with Crippen molar-refractivity contribution in [2.75, 3.05) is 6.61 Å². The number of nitrogens with one attached hydrogen (secondary N) is 1. The number of rotatable bonds is 6. The minimum absolute atomic E-state index is 0.00472. The smallest absolute Gasteiger partial charge is 0.406 e. The zero-order valence-corrected chi connectivity index (χ0v) is 10.00. The van der Waals surface area contributed by atoms with E-state index in [1.54, 1.807) is 6.07 Å². The molecule has 2 N–H and O–H groups in total. The number of alkyl halides is 3. The van der Waals surface area contributed by atoms with Crippen molar-refractivity contribution < 1.29 is 23.0 Å². The summed E-state index contributed by atoms with van der Waals surface area (Å²) in [5, 5.41) is 12.0. The van der Waals surface area contributed by atoms with Crippen molar-refractivity contribution in [2.45, 2.75) is 32.3 Å². The molecule has 1 rings (SSSR count). The average molecular weight is 263 g/mol. The van der Waals surface area contributed by atoms with Gasteiger partial charge in [-0.05, 0) is 24.1 Å². The summed E-state index contributed by atoms with van der Waals surface area (Å²) in [6.45, 7) is 2.29. The Morgan fingerprint density at radius 1 is 1.39 bits per heavy atom. The second kappa shape index (κ2) is 6.61. The van der Waals surface area contributed by atoms with E-state index in [4.69, 9.17) is 5.11 Å². The zero-order chi connectivity index (χ0) is 13.6. The van der Waals surface area contributed by atoms with E-state index in [0.29, 0.717) is 12.1 Å². The molecule has 18 heavy (non-hydrogen) atoms. The molecule has 0 aromatic heterocycles. The van der Waals surface area contributed by atoms with Crippen molar-refractivity contribution in [2.24, 2.45) is 0 Å². The van der Waals surface area contributed by atoms with Gasteiger partial charge in [-0.3, -0.25) is 0 Å². The van der Waals surface area contributed by atoms with E-state index < -0.39 is 6.36 Å². The monoisotopic (exact) mass is 263 g/mol. The Balaban J connectivity index is 2.59. The quantitative estimate of drug-likeness (QED) is 0.828. The molecule has 0 amide bonds. The highest BCUT2D eigenvalue weighted by atomic mass is 19.4.